The lowest BCUT2D eigenvalue weighted by Crippen LogP contribution is -2.23. The maximum atomic E-state index is 12.3. The van der Waals surface area contributed by atoms with Crippen LogP contribution in [0.1, 0.15) is 17.3 Å². The van der Waals surface area contributed by atoms with Crippen molar-refractivity contribution in [3.63, 3.8) is 0 Å². The third-order valence-corrected chi connectivity index (χ3v) is 6.02. The zero-order valence-electron chi connectivity index (χ0n) is 16.4. The maximum absolute atomic E-state index is 12.3. The third-order valence-electron chi connectivity index (χ3n) is 3.73. The highest BCUT2D eigenvalue weighted by atomic mass is 35.5. The average molecular weight is 454 g/mol. The summed E-state index contributed by atoms with van der Waals surface area (Å²) in [4.78, 5) is 35.2. The lowest BCUT2D eigenvalue weighted by Gasteiger charge is -2.14. The van der Waals surface area contributed by atoms with E-state index in [1.807, 2.05) is 0 Å². The Bertz CT molecular complexity index is 1090. The first kappa shape index (κ1) is 23.3. The molecule has 0 bridgehead atoms. The van der Waals surface area contributed by atoms with Gasteiger partial charge in [0.05, 0.1) is 10.6 Å². The Morgan fingerprint density at radius 2 is 1.70 bits per heavy atom. The molecular formula is C19H20ClN3O6S. The van der Waals surface area contributed by atoms with Gasteiger partial charge in [-0.1, -0.05) is 17.7 Å². The van der Waals surface area contributed by atoms with E-state index >= 15 is 0 Å². The fraction of sp³-hybridized carbons (Fsp3) is 0.211. The highest BCUT2D eigenvalue weighted by Crippen LogP contribution is 2.26. The van der Waals surface area contributed by atoms with Gasteiger partial charge in [-0.3, -0.25) is 9.59 Å². The molecule has 0 saturated carbocycles. The molecule has 2 aromatic carbocycles. The SMILES string of the molecule is CC(=O)Nc1cccc(C(=O)OCC(=O)Nc2ccc(Cl)c(S(=O)(=O)N(C)C)c2)c1. The van der Waals surface area contributed by atoms with Gasteiger partial charge in [0.1, 0.15) is 4.90 Å². The van der Waals surface area contributed by atoms with Crippen LogP contribution in [-0.4, -0.2) is 51.2 Å². The van der Waals surface area contributed by atoms with Gasteiger partial charge in [0.15, 0.2) is 6.61 Å². The van der Waals surface area contributed by atoms with Crippen molar-refractivity contribution < 1.29 is 27.5 Å². The number of hydrogen-bond acceptors (Lipinski definition) is 6. The van der Waals surface area contributed by atoms with Crippen LogP contribution in [0.15, 0.2) is 47.4 Å². The van der Waals surface area contributed by atoms with Gasteiger partial charge in [0.2, 0.25) is 15.9 Å². The second-order valence-electron chi connectivity index (χ2n) is 6.32. The molecule has 0 unspecified atom stereocenters. The minimum Gasteiger partial charge on any atom is -0.452 e. The summed E-state index contributed by atoms with van der Waals surface area (Å²) in [6, 6.07) is 10.0. The molecule has 2 rings (SSSR count). The summed E-state index contributed by atoms with van der Waals surface area (Å²) >= 11 is 5.96. The van der Waals surface area contributed by atoms with Gasteiger partial charge < -0.3 is 15.4 Å². The van der Waals surface area contributed by atoms with Crippen LogP contribution in [0, 0.1) is 0 Å². The number of benzene rings is 2. The first-order valence-electron chi connectivity index (χ1n) is 8.57. The predicted octanol–water partition coefficient (Wildman–Crippen LogP) is 2.34. The molecule has 2 N–H and O–H groups in total. The predicted molar refractivity (Wildman–Crippen MR) is 112 cm³/mol. The molecule has 0 fully saturated rings. The maximum Gasteiger partial charge on any atom is 0.338 e. The number of rotatable bonds is 7. The molecule has 0 aliphatic rings. The molecule has 9 nitrogen and oxygen atoms in total. The van der Waals surface area contributed by atoms with E-state index < -0.39 is 28.5 Å². The van der Waals surface area contributed by atoms with Gasteiger partial charge in [-0.25, -0.2) is 17.5 Å². The van der Waals surface area contributed by atoms with Crippen molar-refractivity contribution in [2.24, 2.45) is 0 Å². The van der Waals surface area contributed by atoms with Crippen LogP contribution in [-0.2, 0) is 24.3 Å². The molecule has 0 atom stereocenters. The number of esters is 1. The van der Waals surface area contributed by atoms with Crippen LogP contribution >= 0.6 is 11.6 Å². The molecule has 0 aliphatic carbocycles. The summed E-state index contributed by atoms with van der Waals surface area (Å²) in [6.45, 7) is 0.739. The van der Waals surface area contributed by atoms with Gasteiger partial charge in [0, 0.05) is 32.4 Å². The number of sulfonamides is 1. The molecule has 11 heteroatoms. The lowest BCUT2D eigenvalue weighted by molar-refractivity contribution is -0.119. The number of amides is 2. The first-order chi connectivity index (χ1) is 14.0. The Morgan fingerprint density at radius 3 is 2.33 bits per heavy atom. The van der Waals surface area contributed by atoms with Crippen LogP contribution in [0.5, 0.6) is 0 Å². The minimum absolute atomic E-state index is 0.00665. The normalized spacial score (nSPS) is 11.1. The van der Waals surface area contributed by atoms with Crippen molar-refractivity contribution in [2.75, 3.05) is 31.3 Å². The Kier molecular flexibility index (Phi) is 7.54. The van der Waals surface area contributed by atoms with Crippen LogP contribution in [0.4, 0.5) is 11.4 Å². The molecule has 0 heterocycles. The van der Waals surface area contributed by atoms with Crippen LogP contribution in [0.3, 0.4) is 0 Å². The van der Waals surface area contributed by atoms with Crippen molar-refractivity contribution in [1.82, 2.24) is 4.31 Å². The number of carbonyl (C=O) groups excluding carboxylic acids is 3. The van der Waals surface area contributed by atoms with E-state index in [1.165, 1.54) is 51.4 Å². The van der Waals surface area contributed by atoms with Gasteiger partial charge in [-0.15, -0.1) is 0 Å². The quantitative estimate of drug-likeness (QED) is 0.620. The molecule has 0 aliphatic heterocycles. The van der Waals surface area contributed by atoms with Gasteiger partial charge in [0.25, 0.3) is 5.91 Å². The molecular weight excluding hydrogens is 434 g/mol. The topological polar surface area (TPSA) is 122 Å². The Balaban J connectivity index is 2.03. The van der Waals surface area contributed by atoms with Crippen molar-refractivity contribution in [2.45, 2.75) is 11.8 Å². The summed E-state index contributed by atoms with van der Waals surface area (Å²) < 4.78 is 30.5. The number of carbonyl (C=O) groups is 3. The van der Waals surface area contributed by atoms with E-state index in [4.69, 9.17) is 16.3 Å². The molecule has 2 amide bonds. The van der Waals surface area contributed by atoms with Gasteiger partial charge in [-0.2, -0.15) is 0 Å². The van der Waals surface area contributed by atoms with Crippen LogP contribution in [0.25, 0.3) is 0 Å². The summed E-state index contributed by atoms with van der Waals surface area (Å²) in [7, 11) is -1.09. The molecule has 30 heavy (non-hydrogen) atoms. The smallest absolute Gasteiger partial charge is 0.338 e. The number of ether oxygens (including phenoxy) is 1. The van der Waals surface area contributed by atoms with E-state index in [0.717, 1.165) is 4.31 Å². The molecule has 2 aromatic rings. The third kappa shape index (κ3) is 6.02. The van der Waals surface area contributed by atoms with Crippen LogP contribution < -0.4 is 10.6 Å². The van der Waals surface area contributed by atoms with Crippen molar-refractivity contribution in [3.05, 3.63) is 53.1 Å². The fourth-order valence-corrected chi connectivity index (χ4v) is 3.71. The average Bonchev–Trinajstić information content (AvgIpc) is 2.67. The van der Waals surface area contributed by atoms with E-state index in [0.29, 0.717) is 5.69 Å². The van der Waals surface area contributed by atoms with E-state index in [9.17, 15) is 22.8 Å². The van der Waals surface area contributed by atoms with Gasteiger partial charge >= 0.3 is 5.97 Å². The Hall–Kier alpha value is -2.95. The largest absolute Gasteiger partial charge is 0.452 e. The zero-order valence-corrected chi connectivity index (χ0v) is 18.0. The van der Waals surface area contributed by atoms with Gasteiger partial charge in [-0.05, 0) is 36.4 Å². The standard InChI is InChI=1S/C19H20ClN3O6S/c1-12(24)21-14-6-4-5-13(9-14)19(26)29-11-18(25)22-15-7-8-16(20)17(10-15)30(27,28)23(2)3/h4-10H,11H2,1-3H3,(H,21,24)(H,22,25). The monoisotopic (exact) mass is 453 g/mol. The molecule has 0 radical (unpaired) electrons. The number of hydrogen-bond donors (Lipinski definition) is 2. The highest BCUT2D eigenvalue weighted by Gasteiger charge is 2.21. The van der Waals surface area contributed by atoms with Crippen molar-refractivity contribution in [3.8, 4) is 0 Å². The number of nitrogens with zero attached hydrogens (tertiary/aromatic N) is 1. The number of halogens is 1. The summed E-state index contributed by atoms with van der Waals surface area (Å²) in [6.07, 6.45) is 0. The van der Waals surface area contributed by atoms with Crippen molar-refractivity contribution in [1.29, 1.82) is 0 Å². The lowest BCUT2D eigenvalue weighted by atomic mass is 10.2. The second-order valence-corrected chi connectivity index (χ2v) is 8.85. The summed E-state index contributed by atoms with van der Waals surface area (Å²) in [5, 5.41) is 4.99. The molecule has 0 saturated heterocycles. The van der Waals surface area contributed by atoms with Crippen molar-refractivity contribution >= 4 is 50.8 Å². The summed E-state index contributed by atoms with van der Waals surface area (Å²) in [5.74, 6) is -1.72. The van der Waals surface area contributed by atoms with Crippen LogP contribution in [0.2, 0.25) is 5.02 Å². The molecule has 0 aromatic heterocycles. The highest BCUT2D eigenvalue weighted by molar-refractivity contribution is 7.89. The summed E-state index contributed by atoms with van der Waals surface area (Å²) in [5.41, 5.74) is 0.741. The second kappa shape index (κ2) is 9.70. The van der Waals surface area contributed by atoms with E-state index in [2.05, 4.69) is 10.6 Å². The first-order valence-corrected chi connectivity index (χ1v) is 10.4. The van der Waals surface area contributed by atoms with E-state index in [1.54, 1.807) is 12.1 Å². The van der Waals surface area contributed by atoms with E-state index in [-0.39, 0.29) is 27.1 Å². The zero-order chi connectivity index (χ0) is 22.5. The number of nitrogens with one attached hydrogen (secondary N) is 2. The fourth-order valence-electron chi connectivity index (χ4n) is 2.31. The molecule has 0 spiro atoms. The number of anilines is 2. The Morgan fingerprint density at radius 1 is 1.03 bits per heavy atom. The minimum atomic E-state index is -3.81. The molecule has 160 valence electrons. The Labute approximate surface area is 179 Å².